The summed E-state index contributed by atoms with van der Waals surface area (Å²) in [5, 5.41) is 9.22. The molecule has 0 amide bonds. The fourth-order valence-corrected chi connectivity index (χ4v) is 3.69. The zero-order valence-electron chi connectivity index (χ0n) is 12.9. The largest absolute Gasteiger partial charge is 0.493 e. The van der Waals surface area contributed by atoms with Gasteiger partial charge in [0.1, 0.15) is 0 Å². The first-order valence-corrected chi connectivity index (χ1v) is 7.10. The molecular weight excluding hydrogens is 288 g/mol. The summed E-state index contributed by atoms with van der Waals surface area (Å²) < 4.78 is 10.3. The summed E-state index contributed by atoms with van der Waals surface area (Å²) in [6.45, 7) is 1.79. The quantitative estimate of drug-likeness (QED) is 0.771. The number of rotatable bonds is 5. The summed E-state index contributed by atoms with van der Waals surface area (Å²) in [6.07, 6.45) is 3.25. The van der Waals surface area contributed by atoms with Crippen molar-refractivity contribution >= 4 is 17.5 Å². The van der Waals surface area contributed by atoms with Gasteiger partial charge in [0.2, 0.25) is 5.78 Å². The van der Waals surface area contributed by atoms with Crippen LogP contribution in [0, 0.1) is 17.3 Å². The second-order valence-electron chi connectivity index (χ2n) is 5.80. The molecule has 3 atom stereocenters. The van der Waals surface area contributed by atoms with E-state index in [0.717, 1.165) is 5.57 Å². The van der Waals surface area contributed by atoms with Crippen LogP contribution in [0.25, 0.3) is 0 Å². The van der Waals surface area contributed by atoms with Crippen LogP contribution >= 0.6 is 0 Å². The summed E-state index contributed by atoms with van der Waals surface area (Å²) in [5.74, 6) is -2.79. The van der Waals surface area contributed by atoms with Crippen LogP contribution in [0.2, 0.25) is 0 Å². The molecule has 0 aromatic carbocycles. The van der Waals surface area contributed by atoms with Gasteiger partial charge in [-0.1, -0.05) is 11.6 Å². The number of carboxylic acid groups (broad SMARTS) is 1. The second kappa shape index (κ2) is 6.04. The van der Waals surface area contributed by atoms with E-state index in [0.29, 0.717) is 6.42 Å². The van der Waals surface area contributed by atoms with Crippen LogP contribution in [-0.4, -0.2) is 43.5 Å². The van der Waals surface area contributed by atoms with Crippen LogP contribution < -0.4 is 0 Å². The summed E-state index contributed by atoms with van der Waals surface area (Å²) >= 11 is 0. The Morgan fingerprint density at radius 1 is 1.41 bits per heavy atom. The van der Waals surface area contributed by atoms with Gasteiger partial charge < -0.3 is 14.6 Å². The molecule has 22 heavy (non-hydrogen) atoms. The Bertz CT molecular complexity index is 573. The average molecular weight is 308 g/mol. The van der Waals surface area contributed by atoms with E-state index in [9.17, 15) is 19.5 Å². The number of carbonyl (C=O) groups excluding carboxylic acids is 2. The predicted octanol–water partition coefficient (Wildman–Crippen LogP) is 1.36. The third kappa shape index (κ3) is 2.37. The Morgan fingerprint density at radius 3 is 2.64 bits per heavy atom. The molecule has 0 saturated heterocycles. The molecule has 120 valence electrons. The van der Waals surface area contributed by atoms with Gasteiger partial charge in [0.05, 0.1) is 25.6 Å². The molecule has 0 aliphatic heterocycles. The van der Waals surface area contributed by atoms with Crippen molar-refractivity contribution < 1.29 is 29.0 Å². The zero-order valence-corrected chi connectivity index (χ0v) is 12.9. The molecule has 6 heteroatoms. The first kappa shape index (κ1) is 16.4. The van der Waals surface area contributed by atoms with Crippen molar-refractivity contribution in [1.29, 1.82) is 0 Å². The monoisotopic (exact) mass is 308 g/mol. The SMILES string of the molecule is COC[C@@]12C(=O)C(OC)=CC(=O)[C@@H]1CC=C(C)[C@@H]2CC(=O)O. The van der Waals surface area contributed by atoms with Gasteiger partial charge in [0, 0.05) is 25.0 Å². The number of ether oxygens (including phenoxy) is 2. The van der Waals surface area contributed by atoms with Crippen molar-refractivity contribution in [1.82, 2.24) is 0 Å². The molecule has 2 aliphatic rings. The lowest BCUT2D eigenvalue weighted by Gasteiger charge is -2.48. The normalized spacial score (nSPS) is 31.2. The van der Waals surface area contributed by atoms with Crippen molar-refractivity contribution in [3.63, 3.8) is 0 Å². The topological polar surface area (TPSA) is 89.9 Å². The van der Waals surface area contributed by atoms with Crippen molar-refractivity contribution in [2.45, 2.75) is 19.8 Å². The molecular formula is C16H20O6. The minimum atomic E-state index is -1.21. The highest BCUT2D eigenvalue weighted by Crippen LogP contribution is 2.51. The number of allylic oxidation sites excluding steroid dienone is 4. The lowest BCUT2D eigenvalue weighted by Crippen LogP contribution is -2.56. The average Bonchev–Trinajstić information content (AvgIpc) is 2.46. The highest BCUT2D eigenvalue weighted by atomic mass is 16.5. The fraction of sp³-hybridized carbons (Fsp3) is 0.562. The Hall–Kier alpha value is -1.95. The van der Waals surface area contributed by atoms with E-state index in [4.69, 9.17) is 9.47 Å². The van der Waals surface area contributed by atoms with Gasteiger partial charge in [0.25, 0.3) is 0 Å². The van der Waals surface area contributed by atoms with E-state index in [-0.39, 0.29) is 30.4 Å². The van der Waals surface area contributed by atoms with Gasteiger partial charge in [-0.15, -0.1) is 0 Å². The molecule has 2 rings (SSSR count). The summed E-state index contributed by atoms with van der Waals surface area (Å²) in [4.78, 5) is 36.6. The Morgan fingerprint density at radius 2 is 2.09 bits per heavy atom. The number of hydrogen-bond acceptors (Lipinski definition) is 5. The van der Waals surface area contributed by atoms with E-state index in [1.165, 1.54) is 20.3 Å². The Labute approximate surface area is 128 Å². The second-order valence-corrected chi connectivity index (χ2v) is 5.80. The fourth-order valence-electron chi connectivity index (χ4n) is 3.69. The third-order valence-corrected chi connectivity index (χ3v) is 4.71. The molecule has 0 spiro atoms. The van der Waals surface area contributed by atoms with Gasteiger partial charge in [-0.05, 0) is 13.3 Å². The highest BCUT2D eigenvalue weighted by molar-refractivity contribution is 6.12. The van der Waals surface area contributed by atoms with E-state index in [1.54, 1.807) is 6.92 Å². The Kier molecular flexibility index (Phi) is 4.51. The summed E-state index contributed by atoms with van der Waals surface area (Å²) in [6, 6.07) is 0. The number of ketones is 2. The van der Waals surface area contributed by atoms with Crippen molar-refractivity contribution in [3.8, 4) is 0 Å². The lowest BCUT2D eigenvalue weighted by atomic mass is 9.54. The third-order valence-electron chi connectivity index (χ3n) is 4.71. The smallest absolute Gasteiger partial charge is 0.303 e. The number of fused-ring (bicyclic) bond motifs is 1. The molecule has 2 aliphatic carbocycles. The lowest BCUT2D eigenvalue weighted by molar-refractivity contribution is -0.153. The molecule has 0 aromatic rings. The first-order valence-electron chi connectivity index (χ1n) is 7.10. The standard InChI is InChI=1S/C16H20O6/c1-9-4-5-10-12(17)7-13(22-3)15(20)16(10,8-21-2)11(9)6-14(18)19/h4,7,10-11H,5-6,8H2,1-3H3,(H,18,19)/t10-,11-,16+/m0/s1. The van der Waals surface area contributed by atoms with E-state index in [2.05, 4.69) is 0 Å². The van der Waals surface area contributed by atoms with Crippen LogP contribution in [0.15, 0.2) is 23.5 Å². The van der Waals surface area contributed by atoms with Gasteiger partial charge in [-0.25, -0.2) is 0 Å². The van der Waals surface area contributed by atoms with Crippen molar-refractivity contribution in [3.05, 3.63) is 23.5 Å². The number of methoxy groups -OCH3 is 2. The van der Waals surface area contributed by atoms with E-state index < -0.39 is 23.2 Å². The highest BCUT2D eigenvalue weighted by Gasteiger charge is 2.59. The molecule has 1 N–H and O–H groups in total. The molecule has 0 bridgehead atoms. The molecule has 0 radical (unpaired) electrons. The number of carboxylic acids is 1. The molecule has 0 fully saturated rings. The summed E-state index contributed by atoms with van der Waals surface area (Å²) in [7, 11) is 2.77. The summed E-state index contributed by atoms with van der Waals surface area (Å²) in [5.41, 5.74) is -0.405. The molecule has 0 saturated carbocycles. The minimum absolute atomic E-state index is 0.00787. The van der Waals surface area contributed by atoms with Gasteiger partial charge >= 0.3 is 5.97 Å². The predicted molar refractivity (Wildman–Crippen MR) is 77.0 cm³/mol. The van der Waals surface area contributed by atoms with Crippen molar-refractivity contribution in [2.24, 2.45) is 17.3 Å². The zero-order chi connectivity index (χ0) is 16.5. The number of Topliss-reactive ketones (excluding diaryl/α,β-unsaturated/α-hetero) is 1. The van der Waals surface area contributed by atoms with Gasteiger partial charge in [-0.2, -0.15) is 0 Å². The van der Waals surface area contributed by atoms with Gasteiger partial charge in [0.15, 0.2) is 11.5 Å². The minimum Gasteiger partial charge on any atom is -0.493 e. The molecule has 6 nitrogen and oxygen atoms in total. The van der Waals surface area contributed by atoms with Crippen LogP contribution in [0.5, 0.6) is 0 Å². The number of carbonyl (C=O) groups is 3. The van der Waals surface area contributed by atoms with Crippen LogP contribution in [0.3, 0.4) is 0 Å². The van der Waals surface area contributed by atoms with Gasteiger partial charge in [-0.3, -0.25) is 14.4 Å². The maximum atomic E-state index is 12.9. The Balaban J connectivity index is 2.62. The van der Waals surface area contributed by atoms with E-state index >= 15 is 0 Å². The maximum Gasteiger partial charge on any atom is 0.303 e. The maximum absolute atomic E-state index is 12.9. The molecule has 0 aromatic heterocycles. The van der Waals surface area contributed by atoms with Crippen LogP contribution in [0.4, 0.5) is 0 Å². The number of aliphatic carboxylic acids is 1. The number of hydrogen-bond donors (Lipinski definition) is 1. The van der Waals surface area contributed by atoms with E-state index in [1.807, 2.05) is 6.08 Å². The molecule has 0 heterocycles. The molecule has 0 unspecified atom stereocenters. The van der Waals surface area contributed by atoms with Crippen LogP contribution in [0.1, 0.15) is 19.8 Å². The van der Waals surface area contributed by atoms with Crippen molar-refractivity contribution in [2.75, 3.05) is 20.8 Å². The first-order chi connectivity index (χ1) is 10.4. The van der Waals surface area contributed by atoms with Crippen LogP contribution in [-0.2, 0) is 23.9 Å².